The second kappa shape index (κ2) is 5.11. The number of rotatable bonds is 3. The predicted molar refractivity (Wildman–Crippen MR) is 78.3 cm³/mol. The molecule has 1 aromatic carbocycles. The summed E-state index contributed by atoms with van der Waals surface area (Å²) < 4.78 is 1.90. The number of benzene rings is 1. The molecule has 0 amide bonds. The van der Waals surface area contributed by atoms with E-state index in [4.69, 9.17) is 11.6 Å². The van der Waals surface area contributed by atoms with Crippen LogP contribution in [0.2, 0.25) is 5.02 Å². The van der Waals surface area contributed by atoms with Gasteiger partial charge in [0.25, 0.3) is 0 Å². The Morgan fingerprint density at radius 2 is 2.44 bits per heavy atom. The van der Waals surface area contributed by atoms with Gasteiger partial charge >= 0.3 is 0 Å². The van der Waals surface area contributed by atoms with Crippen molar-refractivity contribution in [2.75, 3.05) is 11.5 Å². The van der Waals surface area contributed by atoms with Gasteiger partial charge in [-0.05, 0) is 24.3 Å². The van der Waals surface area contributed by atoms with Crippen LogP contribution in [-0.4, -0.2) is 27.3 Å². The first kappa shape index (κ1) is 12.3. The van der Waals surface area contributed by atoms with Crippen LogP contribution in [0.3, 0.4) is 0 Å². The maximum absolute atomic E-state index is 6.29. The molecule has 0 unspecified atom stereocenters. The first-order valence-corrected chi connectivity index (χ1v) is 7.70. The van der Waals surface area contributed by atoms with Crippen LogP contribution in [0.4, 0.5) is 0 Å². The summed E-state index contributed by atoms with van der Waals surface area (Å²) >= 11 is 8.30. The number of nitrogens with zero attached hydrogens (tertiary/aromatic N) is 2. The van der Waals surface area contributed by atoms with Gasteiger partial charge in [0.15, 0.2) is 0 Å². The maximum atomic E-state index is 6.29. The molecule has 0 saturated carbocycles. The van der Waals surface area contributed by atoms with Crippen LogP contribution in [0, 0.1) is 0 Å². The van der Waals surface area contributed by atoms with E-state index in [-0.39, 0.29) is 0 Å². The lowest BCUT2D eigenvalue weighted by atomic mass is 10.2. The van der Waals surface area contributed by atoms with Gasteiger partial charge in [-0.25, -0.2) is 0 Å². The lowest BCUT2D eigenvalue weighted by Crippen LogP contribution is -2.28. The third-order valence-corrected chi connectivity index (χ3v) is 4.86. The van der Waals surface area contributed by atoms with Crippen molar-refractivity contribution in [3.8, 4) is 0 Å². The summed E-state index contributed by atoms with van der Waals surface area (Å²) in [7, 11) is 1.97. The molecular weight excluding hydrogens is 266 g/mol. The lowest BCUT2D eigenvalue weighted by Gasteiger charge is -2.09. The van der Waals surface area contributed by atoms with Gasteiger partial charge in [-0.2, -0.15) is 16.9 Å². The minimum Gasteiger partial charge on any atom is -0.307 e. The Kier molecular flexibility index (Phi) is 3.50. The quantitative estimate of drug-likeness (QED) is 0.938. The van der Waals surface area contributed by atoms with E-state index in [1.165, 1.54) is 17.9 Å². The number of nitrogens with one attached hydrogen (secondary N) is 1. The molecule has 1 saturated heterocycles. The van der Waals surface area contributed by atoms with E-state index in [2.05, 4.69) is 16.5 Å². The number of fused-ring (bicyclic) bond motifs is 1. The highest BCUT2D eigenvalue weighted by Gasteiger charge is 2.17. The summed E-state index contributed by atoms with van der Waals surface area (Å²) in [5.41, 5.74) is 2.15. The molecule has 1 N–H and O–H groups in total. The van der Waals surface area contributed by atoms with E-state index in [9.17, 15) is 0 Å². The Morgan fingerprint density at radius 3 is 3.22 bits per heavy atom. The Morgan fingerprint density at radius 1 is 1.56 bits per heavy atom. The zero-order valence-electron chi connectivity index (χ0n) is 10.3. The van der Waals surface area contributed by atoms with Crippen molar-refractivity contribution >= 4 is 34.3 Å². The average Bonchev–Trinajstić information content (AvgIpc) is 2.96. The molecule has 1 aromatic heterocycles. The fourth-order valence-corrected chi connectivity index (χ4v) is 3.88. The highest BCUT2D eigenvalue weighted by molar-refractivity contribution is 7.99. The van der Waals surface area contributed by atoms with Crippen molar-refractivity contribution in [1.82, 2.24) is 15.1 Å². The van der Waals surface area contributed by atoms with Gasteiger partial charge in [0, 0.05) is 30.8 Å². The van der Waals surface area contributed by atoms with Crippen molar-refractivity contribution in [3.05, 3.63) is 28.9 Å². The number of hydrogen-bond donors (Lipinski definition) is 1. The molecule has 1 aliphatic heterocycles. The maximum Gasteiger partial charge on any atom is 0.0856 e. The minimum atomic E-state index is 0.620. The summed E-state index contributed by atoms with van der Waals surface area (Å²) in [6.07, 6.45) is 1.25. The van der Waals surface area contributed by atoms with Crippen LogP contribution >= 0.6 is 23.4 Å². The van der Waals surface area contributed by atoms with Crippen molar-refractivity contribution in [3.63, 3.8) is 0 Å². The molecule has 96 valence electrons. The Labute approximate surface area is 116 Å². The van der Waals surface area contributed by atoms with Crippen molar-refractivity contribution < 1.29 is 0 Å². The minimum absolute atomic E-state index is 0.620. The lowest BCUT2D eigenvalue weighted by molar-refractivity contribution is 0.549. The molecule has 1 fully saturated rings. The molecule has 1 aliphatic rings. The summed E-state index contributed by atoms with van der Waals surface area (Å²) in [4.78, 5) is 0. The standard InChI is InChI=1S/C13H16ClN3S/c1-17-12-4-2-3-10(14)13(12)11(16-17)7-15-9-5-6-18-8-9/h2-4,9,15H,5-8H2,1H3/t9-/m1/s1. The molecule has 3 rings (SSSR count). The predicted octanol–water partition coefficient (Wildman–Crippen LogP) is 2.82. The smallest absolute Gasteiger partial charge is 0.0856 e. The highest BCUT2D eigenvalue weighted by atomic mass is 35.5. The summed E-state index contributed by atoms with van der Waals surface area (Å²) in [5.74, 6) is 2.47. The Balaban J connectivity index is 1.87. The van der Waals surface area contributed by atoms with Crippen LogP contribution in [0.1, 0.15) is 12.1 Å². The van der Waals surface area contributed by atoms with Gasteiger partial charge < -0.3 is 5.32 Å². The number of halogens is 1. The second-order valence-corrected chi connectivity index (χ2v) is 6.20. The molecule has 1 atom stereocenters. The van der Waals surface area contributed by atoms with Crippen molar-refractivity contribution in [2.24, 2.45) is 7.05 Å². The first-order valence-electron chi connectivity index (χ1n) is 6.17. The zero-order chi connectivity index (χ0) is 12.5. The van der Waals surface area contributed by atoms with Crippen LogP contribution in [0.15, 0.2) is 18.2 Å². The van der Waals surface area contributed by atoms with Gasteiger partial charge in [-0.1, -0.05) is 17.7 Å². The van der Waals surface area contributed by atoms with Gasteiger partial charge in [0.1, 0.15) is 0 Å². The molecule has 18 heavy (non-hydrogen) atoms. The molecule has 2 aromatic rings. The van der Waals surface area contributed by atoms with Crippen LogP contribution in [0.25, 0.3) is 10.9 Å². The zero-order valence-corrected chi connectivity index (χ0v) is 11.9. The van der Waals surface area contributed by atoms with Crippen LogP contribution < -0.4 is 5.32 Å². The average molecular weight is 282 g/mol. The largest absolute Gasteiger partial charge is 0.307 e. The van der Waals surface area contributed by atoms with E-state index in [0.717, 1.165) is 28.2 Å². The molecule has 5 heteroatoms. The van der Waals surface area contributed by atoms with E-state index in [1.54, 1.807) is 0 Å². The molecule has 2 heterocycles. The molecule has 0 aliphatic carbocycles. The topological polar surface area (TPSA) is 29.9 Å². The van der Waals surface area contributed by atoms with E-state index < -0.39 is 0 Å². The molecule has 0 spiro atoms. The molecule has 0 bridgehead atoms. The van der Waals surface area contributed by atoms with Gasteiger partial charge in [0.05, 0.1) is 16.2 Å². The second-order valence-electron chi connectivity index (χ2n) is 4.65. The van der Waals surface area contributed by atoms with Gasteiger partial charge in [-0.3, -0.25) is 4.68 Å². The monoisotopic (exact) mass is 281 g/mol. The van der Waals surface area contributed by atoms with Crippen molar-refractivity contribution in [2.45, 2.75) is 19.0 Å². The Hall–Kier alpha value is -0.710. The third kappa shape index (κ3) is 2.25. The SMILES string of the molecule is Cn1nc(CN[C@@H]2CCSC2)c2c(Cl)cccc21. The normalized spacial score (nSPS) is 19.8. The summed E-state index contributed by atoms with van der Waals surface area (Å²) in [6, 6.07) is 6.58. The highest BCUT2D eigenvalue weighted by Crippen LogP contribution is 2.26. The number of hydrogen-bond acceptors (Lipinski definition) is 3. The van der Waals surface area contributed by atoms with Crippen LogP contribution in [-0.2, 0) is 13.6 Å². The fraction of sp³-hybridized carbons (Fsp3) is 0.462. The molecular formula is C13H16ClN3S. The summed E-state index contributed by atoms with van der Waals surface area (Å²) in [6.45, 7) is 0.798. The third-order valence-electron chi connectivity index (χ3n) is 3.39. The van der Waals surface area contributed by atoms with Crippen molar-refractivity contribution in [1.29, 1.82) is 0 Å². The molecule has 3 nitrogen and oxygen atoms in total. The van der Waals surface area contributed by atoms with E-state index >= 15 is 0 Å². The number of aryl methyl sites for hydroxylation is 1. The summed E-state index contributed by atoms with van der Waals surface area (Å²) in [5, 5.41) is 10.0. The van der Waals surface area contributed by atoms with Gasteiger partial charge in [0.2, 0.25) is 0 Å². The van der Waals surface area contributed by atoms with Crippen LogP contribution in [0.5, 0.6) is 0 Å². The Bertz CT molecular complexity index is 561. The van der Waals surface area contributed by atoms with E-state index in [0.29, 0.717) is 6.04 Å². The number of thioether (sulfide) groups is 1. The molecule has 0 radical (unpaired) electrons. The first-order chi connectivity index (χ1) is 8.75. The van der Waals surface area contributed by atoms with Gasteiger partial charge in [-0.15, -0.1) is 0 Å². The number of aromatic nitrogens is 2. The fourth-order valence-electron chi connectivity index (χ4n) is 2.41. The van der Waals surface area contributed by atoms with E-state index in [1.807, 2.05) is 35.6 Å².